The van der Waals surface area contributed by atoms with Crippen molar-refractivity contribution in [2.75, 3.05) is 0 Å². The van der Waals surface area contributed by atoms with Crippen LogP contribution in [0, 0.1) is 11.3 Å². The lowest BCUT2D eigenvalue weighted by Gasteiger charge is -2.00. The van der Waals surface area contributed by atoms with Gasteiger partial charge in [-0.25, -0.2) is 0 Å². The minimum atomic E-state index is -0.321. The van der Waals surface area contributed by atoms with Crippen molar-refractivity contribution in [3.8, 4) is 6.07 Å². The molecule has 1 aromatic heterocycles. The number of allylic oxidation sites excluding steroid dienone is 1. The molecule has 0 bridgehead atoms. The van der Waals surface area contributed by atoms with Crippen molar-refractivity contribution in [3.05, 3.63) is 77.1 Å². The second kappa shape index (κ2) is 6.42. The van der Waals surface area contributed by atoms with Gasteiger partial charge in [-0.3, -0.25) is 4.79 Å². The number of hydrogen-bond acceptors (Lipinski definition) is 3. The Morgan fingerprint density at radius 1 is 1.26 bits per heavy atom. The Kier molecular flexibility index (Phi) is 4.18. The zero-order valence-corrected chi connectivity index (χ0v) is 13.1. The molecule has 0 aliphatic rings. The molecule has 0 spiro atoms. The fourth-order valence-corrected chi connectivity index (χ4v) is 3.29. The van der Waals surface area contributed by atoms with E-state index >= 15 is 0 Å². The minimum Gasteiger partial charge on any atom is -0.312 e. The van der Waals surface area contributed by atoms with Crippen molar-refractivity contribution in [1.29, 1.82) is 5.26 Å². The fourth-order valence-electron chi connectivity index (χ4n) is 2.25. The van der Waals surface area contributed by atoms with Crippen LogP contribution >= 0.6 is 11.3 Å². The van der Waals surface area contributed by atoms with Crippen LogP contribution in [0.3, 0.4) is 0 Å². The molecule has 0 aliphatic heterocycles. The summed E-state index contributed by atoms with van der Waals surface area (Å²) in [5, 5.41) is 8.81. The summed E-state index contributed by atoms with van der Waals surface area (Å²) in [5.41, 5.74) is 2.01. The first-order valence-corrected chi connectivity index (χ1v) is 7.83. The molecule has 2 aromatic carbocycles. The van der Waals surface area contributed by atoms with Crippen LogP contribution in [0.15, 0.2) is 66.2 Å². The number of fused-ring (bicyclic) bond motifs is 1. The maximum atomic E-state index is 12.4. The molecule has 23 heavy (non-hydrogen) atoms. The van der Waals surface area contributed by atoms with Gasteiger partial charge in [0.2, 0.25) is 0 Å². The van der Waals surface area contributed by atoms with Crippen molar-refractivity contribution in [2.24, 2.45) is 4.99 Å². The number of para-hydroxylation sites is 1. The molecule has 3 aromatic rings. The number of hydrogen-bond donors (Lipinski definition) is 0. The molecule has 0 fully saturated rings. The van der Waals surface area contributed by atoms with E-state index in [1.807, 2.05) is 34.9 Å². The number of aromatic nitrogens is 1. The second-order valence-electron chi connectivity index (χ2n) is 4.86. The summed E-state index contributed by atoms with van der Waals surface area (Å²) in [6.07, 6.45) is 1.78. The highest BCUT2D eigenvalue weighted by molar-refractivity contribution is 7.16. The van der Waals surface area contributed by atoms with E-state index in [1.165, 1.54) is 11.3 Å². The van der Waals surface area contributed by atoms with Crippen LogP contribution in [0.4, 0.5) is 0 Å². The Balaban J connectivity index is 2.09. The van der Waals surface area contributed by atoms with Gasteiger partial charge in [0.25, 0.3) is 5.91 Å². The molecule has 4 nitrogen and oxygen atoms in total. The first kappa shape index (κ1) is 14.9. The van der Waals surface area contributed by atoms with Crippen LogP contribution in [0.2, 0.25) is 0 Å². The summed E-state index contributed by atoms with van der Waals surface area (Å²) in [6, 6.07) is 16.4. The fraction of sp³-hybridized carbons (Fsp3) is 0.0556. The Morgan fingerprint density at radius 3 is 2.70 bits per heavy atom. The maximum Gasteiger partial charge on any atom is 0.279 e. The Morgan fingerprint density at radius 2 is 2.00 bits per heavy atom. The van der Waals surface area contributed by atoms with Crippen LogP contribution in [-0.2, 0) is 6.54 Å². The predicted molar refractivity (Wildman–Crippen MR) is 91.1 cm³/mol. The Hall–Kier alpha value is -2.97. The molecule has 112 valence electrons. The second-order valence-corrected chi connectivity index (χ2v) is 5.87. The standard InChI is InChI=1S/C18H13N3OS/c1-2-11-21-15-5-3-4-6-16(15)23-18(21)20-17(22)14-9-7-13(12-19)8-10-14/h2-10H,1,11H2. The first-order valence-electron chi connectivity index (χ1n) is 7.01. The summed E-state index contributed by atoms with van der Waals surface area (Å²) in [7, 11) is 0. The maximum absolute atomic E-state index is 12.4. The van der Waals surface area contributed by atoms with E-state index in [0.717, 1.165) is 10.2 Å². The normalized spacial score (nSPS) is 11.3. The zero-order valence-electron chi connectivity index (χ0n) is 12.3. The number of thiazole rings is 1. The van der Waals surface area contributed by atoms with Gasteiger partial charge in [0.15, 0.2) is 4.80 Å². The van der Waals surface area contributed by atoms with Crippen molar-refractivity contribution in [2.45, 2.75) is 6.54 Å². The molecule has 0 N–H and O–H groups in total. The summed E-state index contributed by atoms with van der Waals surface area (Å²) in [6.45, 7) is 4.35. The number of amides is 1. The third-order valence-electron chi connectivity index (χ3n) is 3.36. The highest BCUT2D eigenvalue weighted by Crippen LogP contribution is 2.17. The van der Waals surface area contributed by atoms with Crippen LogP contribution < -0.4 is 4.80 Å². The van der Waals surface area contributed by atoms with E-state index < -0.39 is 0 Å². The van der Waals surface area contributed by atoms with Crippen LogP contribution in [0.1, 0.15) is 15.9 Å². The molecule has 0 aliphatic carbocycles. The molecule has 0 saturated heterocycles. The van der Waals surface area contributed by atoms with Crippen molar-refractivity contribution in [1.82, 2.24) is 4.57 Å². The quantitative estimate of drug-likeness (QED) is 0.694. The average Bonchev–Trinajstić information content (AvgIpc) is 2.93. The lowest BCUT2D eigenvalue weighted by atomic mass is 10.1. The van der Waals surface area contributed by atoms with Gasteiger partial charge in [0.05, 0.1) is 21.8 Å². The monoisotopic (exact) mass is 319 g/mol. The zero-order chi connectivity index (χ0) is 16.2. The number of nitriles is 1. The third kappa shape index (κ3) is 2.98. The summed E-state index contributed by atoms with van der Waals surface area (Å²) in [4.78, 5) is 17.3. The largest absolute Gasteiger partial charge is 0.312 e. The third-order valence-corrected chi connectivity index (χ3v) is 4.42. The van der Waals surface area contributed by atoms with Gasteiger partial charge in [-0.15, -0.1) is 6.58 Å². The Bertz CT molecular complexity index is 988. The van der Waals surface area contributed by atoms with E-state index in [4.69, 9.17) is 5.26 Å². The number of carbonyl (C=O) groups excluding carboxylic acids is 1. The van der Waals surface area contributed by atoms with Crippen molar-refractivity contribution >= 4 is 27.5 Å². The molecule has 1 heterocycles. The first-order chi connectivity index (χ1) is 11.2. The van der Waals surface area contributed by atoms with E-state index in [1.54, 1.807) is 30.3 Å². The summed E-state index contributed by atoms with van der Waals surface area (Å²) in [5.74, 6) is -0.321. The predicted octanol–water partition coefficient (Wildman–Crippen LogP) is 3.50. The lowest BCUT2D eigenvalue weighted by Crippen LogP contribution is -2.16. The molecule has 0 saturated carbocycles. The minimum absolute atomic E-state index is 0.321. The number of rotatable bonds is 3. The number of nitrogens with zero attached hydrogens (tertiary/aromatic N) is 3. The van der Waals surface area contributed by atoms with Crippen LogP contribution in [0.5, 0.6) is 0 Å². The number of benzene rings is 2. The smallest absolute Gasteiger partial charge is 0.279 e. The summed E-state index contributed by atoms with van der Waals surface area (Å²) >= 11 is 1.47. The molecule has 0 radical (unpaired) electrons. The highest BCUT2D eigenvalue weighted by atomic mass is 32.1. The molecule has 5 heteroatoms. The molecular weight excluding hydrogens is 306 g/mol. The van der Waals surface area contributed by atoms with Gasteiger partial charge in [0.1, 0.15) is 0 Å². The molecule has 0 atom stereocenters. The van der Waals surface area contributed by atoms with E-state index in [9.17, 15) is 4.79 Å². The van der Waals surface area contributed by atoms with Gasteiger partial charge in [-0.1, -0.05) is 29.5 Å². The Labute approximate surface area is 137 Å². The van der Waals surface area contributed by atoms with Crippen LogP contribution in [-0.4, -0.2) is 10.5 Å². The van der Waals surface area contributed by atoms with E-state index in [0.29, 0.717) is 22.5 Å². The van der Waals surface area contributed by atoms with Crippen LogP contribution in [0.25, 0.3) is 10.2 Å². The highest BCUT2D eigenvalue weighted by Gasteiger charge is 2.08. The number of carbonyl (C=O) groups is 1. The summed E-state index contributed by atoms with van der Waals surface area (Å²) < 4.78 is 3.04. The van der Waals surface area contributed by atoms with Gasteiger partial charge < -0.3 is 4.57 Å². The van der Waals surface area contributed by atoms with Gasteiger partial charge in [-0.2, -0.15) is 10.3 Å². The molecule has 1 amide bonds. The van der Waals surface area contributed by atoms with Crippen molar-refractivity contribution < 1.29 is 4.79 Å². The molecular formula is C18H13N3OS. The SMILES string of the molecule is C=CCn1c(=NC(=O)c2ccc(C#N)cc2)sc2ccccc21. The van der Waals surface area contributed by atoms with E-state index in [-0.39, 0.29) is 5.91 Å². The van der Waals surface area contributed by atoms with Gasteiger partial charge >= 0.3 is 0 Å². The topological polar surface area (TPSA) is 58.1 Å². The molecule has 0 unspecified atom stereocenters. The van der Waals surface area contributed by atoms with Gasteiger partial charge in [-0.05, 0) is 36.4 Å². The van der Waals surface area contributed by atoms with Crippen molar-refractivity contribution in [3.63, 3.8) is 0 Å². The molecule has 3 rings (SSSR count). The van der Waals surface area contributed by atoms with E-state index in [2.05, 4.69) is 11.6 Å². The van der Waals surface area contributed by atoms with Gasteiger partial charge in [0, 0.05) is 12.1 Å². The lowest BCUT2D eigenvalue weighted by molar-refractivity contribution is 0.0998. The average molecular weight is 319 g/mol.